The number of carbonyl (C=O) groups is 1. The fraction of sp³-hybridized carbons (Fsp3) is 0.200. The van der Waals surface area contributed by atoms with E-state index >= 15 is 0 Å². The molecule has 0 aliphatic carbocycles. The molecule has 4 rings (SSSR count). The Balaban J connectivity index is 1.45. The number of nitrogens with zero attached hydrogens (tertiary/aromatic N) is 2. The van der Waals surface area contributed by atoms with Crippen molar-refractivity contribution in [1.82, 2.24) is 10.4 Å². The first-order valence-electron chi connectivity index (χ1n) is 8.55. The first-order valence-corrected chi connectivity index (χ1v) is 9.30. The molecule has 138 valence electrons. The van der Waals surface area contributed by atoms with E-state index in [0.29, 0.717) is 22.3 Å². The SMILES string of the molecule is Cc1ccc2cc3c(nc2c1)N(NC(=O)COc1ccc(Cl)cc1Cl)CC3. The van der Waals surface area contributed by atoms with Gasteiger partial charge in [0.2, 0.25) is 0 Å². The number of aromatic nitrogens is 1. The second kappa shape index (κ2) is 7.25. The van der Waals surface area contributed by atoms with E-state index in [9.17, 15) is 4.79 Å². The number of anilines is 1. The molecule has 0 bridgehead atoms. The quantitative estimate of drug-likeness (QED) is 0.706. The molecule has 0 saturated heterocycles. The van der Waals surface area contributed by atoms with Gasteiger partial charge in [-0.15, -0.1) is 0 Å². The first-order chi connectivity index (χ1) is 13.0. The lowest BCUT2D eigenvalue weighted by Gasteiger charge is -2.20. The topological polar surface area (TPSA) is 54.5 Å². The molecule has 0 saturated carbocycles. The number of rotatable bonds is 4. The molecule has 0 unspecified atom stereocenters. The van der Waals surface area contributed by atoms with E-state index in [-0.39, 0.29) is 12.5 Å². The lowest BCUT2D eigenvalue weighted by molar-refractivity contribution is -0.123. The summed E-state index contributed by atoms with van der Waals surface area (Å²) in [5.41, 5.74) is 6.04. The van der Waals surface area contributed by atoms with Gasteiger partial charge in [-0.1, -0.05) is 35.3 Å². The van der Waals surface area contributed by atoms with Gasteiger partial charge in [0, 0.05) is 17.0 Å². The molecule has 1 aliphatic heterocycles. The molecular weight excluding hydrogens is 385 g/mol. The summed E-state index contributed by atoms with van der Waals surface area (Å²) in [6.07, 6.45) is 0.830. The fourth-order valence-corrected chi connectivity index (χ4v) is 3.56. The number of carbonyl (C=O) groups excluding carboxylic acids is 1. The number of benzene rings is 2. The number of aryl methyl sites for hydroxylation is 1. The second-order valence-electron chi connectivity index (χ2n) is 6.47. The summed E-state index contributed by atoms with van der Waals surface area (Å²) >= 11 is 11.9. The Labute approximate surface area is 166 Å². The summed E-state index contributed by atoms with van der Waals surface area (Å²) in [6, 6.07) is 13.2. The van der Waals surface area contributed by atoms with Crippen molar-refractivity contribution >= 4 is 45.8 Å². The van der Waals surface area contributed by atoms with E-state index in [2.05, 4.69) is 23.6 Å². The monoisotopic (exact) mass is 401 g/mol. The molecule has 1 N–H and O–H groups in total. The molecule has 2 aromatic carbocycles. The van der Waals surface area contributed by atoms with E-state index < -0.39 is 0 Å². The average Bonchev–Trinajstić information content (AvgIpc) is 3.01. The van der Waals surface area contributed by atoms with Gasteiger partial charge in [-0.2, -0.15) is 0 Å². The summed E-state index contributed by atoms with van der Waals surface area (Å²) in [7, 11) is 0. The van der Waals surface area contributed by atoms with Crippen LogP contribution in [-0.4, -0.2) is 24.0 Å². The molecule has 2 heterocycles. The predicted molar refractivity (Wildman–Crippen MR) is 108 cm³/mol. The zero-order valence-electron chi connectivity index (χ0n) is 14.6. The average molecular weight is 402 g/mol. The van der Waals surface area contributed by atoms with Gasteiger partial charge in [0.1, 0.15) is 5.75 Å². The van der Waals surface area contributed by atoms with Gasteiger partial charge < -0.3 is 4.74 Å². The minimum absolute atomic E-state index is 0.153. The van der Waals surface area contributed by atoms with Crippen LogP contribution in [0.2, 0.25) is 10.0 Å². The number of ether oxygens (including phenoxy) is 1. The molecule has 1 amide bonds. The van der Waals surface area contributed by atoms with Crippen molar-refractivity contribution < 1.29 is 9.53 Å². The number of nitrogens with one attached hydrogen (secondary N) is 1. The van der Waals surface area contributed by atoms with Gasteiger partial charge in [-0.05, 0) is 54.8 Å². The van der Waals surface area contributed by atoms with Crippen LogP contribution in [-0.2, 0) is 11.2 Å². The van der Waals surface area contributed by atoms with Crippen molar-refractivity contribution in [3.63, 3.8) is 0 Å². The van der Waals surface area contributed by atoms with Crippen LogP contribution in [0.4, 0.5) is 5.82 Å². The number of fused-ring (bicyclic) bond motifs is 2. The predicted octanol–water partition coefficient (Wildman–Crippen LogP) is 4.32. The molecule has 27 heavy (non-hydrogen) atoms. The summed E-state index contributed by atoms with van der Waals surface area (Å²) in [5, 5.41) is 3.75. The second-order valence-corrected chi connectivity index (χ2v) is 7.31. The molecule has 0 radical (unpaired) electrons. The largest absolute Gasteiger partial charge is 0.482 e. The molecular formula is C20H17Cl2N3O2. The van der Waals surface area contributed by atoms with Crippen LogP contribution in [0.25, 0.3) is 10.9 Å². The Hall–Kier alpha value is -2.50. The zero-order chi connectivity index (χ0) is 19.0. The third kappa shape index (κ3) is 3.80. The maximum Gasteiger partial charge on any atom is 0.276 e. The summed E-state index contributed by atoms with van der Waals surface area (Å²) < 4.78 is 5.49. The summed E-state index contributed by atoms with van der Waals surface area (Å²) in [4.78, 5) is 17.0. The highest BCUT2D eigenvalue weighted by atomic mass is 35.5. The van der Waals surface area contributed by atoms with Gasteiger partial charge >= 0.3 is 0 Å². The van der Waals surface area contributed by atoms with Gasteiger partial charge in [0.25, 0.3) is 5.91 Å². The van der Waals surface area contributed by atoms with E-state index in [1.54, 1.807) is 23.2 Å². The van der Waals surface area contributed by atoms with Crippen LogP contribution in [0.1, 0.15) is 11.1 Å². The Morgan fingerprint density at radius 2 is 2.07 bits per heavy atom. The number of hydrogen-bond donors (Lipinski definition) is 1. The smallest absolute Gasteiger partial charge is 0.276 e. The third-order valence-electron chi connectivity index (χ3n) is 4.40. The fourth-order valence-electron chi connectivity index (χ4n) is 3.09. The standard InChI is InChI=1S/C20H17Cl2N3O2/c1-12-2-3-13-9-14-6-7-25(20(14)23-17(13)8-12)24-19(26)11-27-18-5-4-15(21)10-16(18)22/h2-5,8-10H,6-7,11H2,1H3,(H,24,26). The van der Waals surface area contributed by atoms with Gasteiger partial charge in [-0.25, -0.2) is 4.98 Å². The normalized spacial score (nSPS) is 12.9. The highest BCUT2D eigenvalue weighted by molar-refractivity contribution is 6.35. The summed E-state index contributed by atoms with van der Waals surface area (Å²) in [5.74, 6) is 0.920. The number of amides is 1. The Kier molecular flexibility index (Phi) is 4.81. The van der Waals surface area contributed by atoms with E-state index in [4.69, 9.17) is 32.9 Å². The van der Waals surface area contributed by atoms with Crippen molar-refractivity contribution in [1.29, 1.82) is 0 Å². The van der Waals surface area contributed by atoms with Gasteiger partial charge in [-0.3, -0.25) is 15.2 Å². The van der Waals surface area contributed by atoms with E-state index in [1.807, 2.05) is 13.0 Å². The summed E-state index contributed by atoms with van der Waals surface area (Å²) in [6.45, 7) is 2.55. The van der Waals surface area contributed by atoms with Crippen molar-refractivity contribution in [3.05, 3.63) is 63.6 Å². The molecule has 3 aromatic rings. The van der Waals surface area contributed by atoms with E-state index in [1.165, 1.54) is 0 Å². The molecule has 5 nitrogen and oxygen atoms in total. The van der Waals surface area contributed by atoms with Crippen LogP contribution in [0.3, 0.4) is 0 Å². The van der Waals surface area contributed by atoms with Crippen molar-refractivity contribution in [2.24, 2.45) is 0 Å². The molecule has 1 aliphatic rings. The molecule has 0 spiro atoms. The molecule has 7 heteroatoms. The molecule has 0 atom stereocenters. The first kappa shape index (κ1) is 17.9. The number of hydrogen-bond acceptors (Lipinski definition) is 4. The highest BCUT2D eigenvalue weighted by Crippen LogP contribution is 2.29. The number of pyridine rings is 1. The van der Waals surface area contributed by atoms with E-state index in [0.717, 1.165) is 34.3 Å². The van der Waals surface area contributed by atoms with Crippen molar-refractivity contribution in [2.45, 2.75) is 13.3 Å². The van der Waals surface area contributed by atoms with Gasteiger partial charge in [0.05, 0.1) is 10.5 Å². The molecule has 1 aromatic heterocycles. The third-order valence-corrected chi connectivity index (χ3v) is 4.93. The lowest BCUT2D eigenvalue weighted by atomic mass is 10.1. The highest BCUT2D eigenvalue weighted by Gasteiger charge is 2.23. The van der Waals surface area contributed by atoms with Crippen LogP contribution in [0, 0.1) is 6.92 Å². The number of hydrazine groups is 1. The maximum atomic E-state index is 12.3. The number of halogens is 2. The Morgan fingerprint density at radius 3 is 2.89 bits per heavy atom. The lowest BCUT2D eigenvalue weighted by Crippen LogP contribution is -2.43. The maximum absolute atomic E-state index is 12.3. The minimum atomic E-state index is -0.278. The van der Waals surface area contributed by atoms with Crippen LogP contribution in [0.5, 0.6) is 5.75 Å². The van der Waals surface area contributed by atoms with Crippen molar-refractivity contribution in [3.8, 4) is 5.75 Å². The van der Waals surface area contributed by atoms with Crippen LogP contribution >= 0.6 is 23.2 Å². The molecule has 0 fully saturated rings. The minimum Gasteiger partial charge on any atom is -0.482 e. The Bertz CT molecular complexity index is 1040. The Morgan fingerprint density at radius 1 is 1.22 bits per heavy atom. The van der Waals surface area contributed by atoms with Gasteiger partial charge in [0.15, 0.2) is 12.4 Å². The van der Waals surface area contributed by atoms with Crippen LogP contribution < -0.4 is 15.2 Å². The van der Waals surface area contributed by atoms with Crippen LogP contribution in [0.15, 0.2) is 42.5 Å². The zero-order valence-corrected chi connectivity index (χ0v) is 16.1. The van der Waals surface area contributed by atoms with Crippen molar-refractivity contribution in [2.75, 3.05) is 18.2 Å².